The first kappa shape index (κ1) is 45.6. The maximum Gasteiger partial charge on any atom is 0.328 e. The average molecular weight is 818 g/mol. The minimum atomic E-state index is -0.485. The van der Waals surface area contributed by atoms with Gasteiger partial charge in [0, 0.05) is 59.1 Å². The van der Waals surface area contributed by atoms with Crippen LogP contribution in [0.15, 0.2) is 71.4 Å². The molecule has 0 bridgehead atoms. The van der Waals surface area contributed by atoms with Gasteiger partial charge in [-0.25, -0.2) is 9.59 Å². The van der Waals surface area contributed by atoms with Gasteiger partial charge >= 0.3 is 11.9 Å². The number of halogens is 2. The maximum absolute atomic E-state index is 13.1. The molecule has 0 saturated carbocycles. The molecule has 0 radical (unpaired) electrons. The smallest absolute Gasteiger partial charge is 0.328 e. The SMILES string of the molecule is C.C.C[C@H](CN(C)C)OC(=O)[C@@H](c1ccccc1Cl)N1CCc2sccc2C1.C[C@H](CN(C)C)OC(=O)[C@H](c1ccccc1Cl)N1CCc2sccc2C1. The highest BCUT2D eigenvalue weighted by molar-refractivity contribution is 7.10. The molecular formula is C42H58Cl2N4O4S2. The Morgan fingerprint density at radius 1 is 0.667 bits per heavy atom. The molecule has 0 N–H and O–H groups in total. The van der Waals surface area contributed by atoms with Crippen molar-refractivity contribution in [2.45, 2.75) is 78.9 Å². The Morgan fingerprint density at radius 3 is 1.39 bits per heavy atom. The van der Waals surface area contributed by atoms with Crippen LogP contribution in [-0.2, 0) is 45.0 Å². The second-order valence-corrected chi connectivity index (χ2v) is 16.9. The fraction of sp³-hybridized carbons (Fsp3) is 0.476. The van der Waals surface area contributed by atoms with E-state index < -0.39 is 12.1 Å². The summed E-state index contributed by atoms with van der Waals surface area (Å²) in [6, 6.07) is 18.5. The summed E-state index contributed by atoms with van der Waals surface area (Å²) in [4.78, 5) is 37.4. The van der Waals surface area contributed by atoms with Crippen LogP contribution in [0.2, 0.25) is 10.0 Å². The minimum absolute atomic E-state index is 0. The van der Waals surface area contributed by atoms with Gasteiger partial charge in [-0.3, -0.25) is 9.80 Å². The van der Waals surface area contributed by atoms with E-state index in [4.69, 9.17) is 32.7 Å². The van der Waals surface area contributed by atoms with Gasteiger partial charge in [-0.1, -0.05) is 74.5 Å². The zero-order valence-corrected chi connectivity index (χ0v) is 34.0. The van der Waals surface area contributed by atoms with Crippen LogP contribution >= 0.6 is 45.9 Å². The van der Waals surface area contributed by atoms with Crippen LogP contribution in [0.25, 0.3) is 0 Å². The molecule has 0 saturated heterocycles. The van der Waals surface area contributed by atoms with E-state index in [1.165, 1.54) is 20.9 Å². The standard InChI is InChI=1S/2C20H25ClN2O2S.2CH4/c2*1-14(12-22(2)3)25-20(24)19(16-6-4-5-7-17(16)21)23-10-8-18-15(13-23)9-11-26-18;;/h2*4-7,9,11,14,19H,8,10,12-13H2,1-3H3;2*1H4/t14-,19+;14-,19-;;/m11../s1. The molecule has 0 unspecified atom stereocenters. The summed E-state index contributed by atoms with van der Waals surface area (Å²) in [6.45, 7) is 8.35. The largest absolute Gasteiger partial charge is 0.460 e. The Morgan fingerprint density at radius 2 is 1.04 bits per heavy atom. The Kier molecular flexibility index (Phi) is 18.1. The fourth-order valence-corrected chi connectivity index (χ4v) is 9.21. The number of hydrogen-bond donors (Lipinski definition) is 0. The van der Waals surface area contributed by atoms with Crippen molar-refractivity contribution in [3.63, 3.8) is 0 Å². The van der Waals surface area contributed by atoms with Crippen molar-refractivity contribution in [2.24, 2.45) is 0 Å². The van der Waals surface area contributed by atoms with Gasteiger partial charge in [0.25, 0.3) is 0 Å². The van der Waals surface area contributed by atoms with E-state index in [2.05, 4.69) is 32.7 Å². The van der Waals surface area contributed by atoms with Crippen LogP contribution in [0, 0.1) is 0 Å². The molecule has 2 aromatic carbocycles. The molecule has 0 spiro atoms. The first-order valence-corrected chi connectivity index (χ1v) is 20.2. The molecule has 0 fully saturated rings. The molecule has 54 heavy (non-hydrogen) atoms. The third kappa shape index (κ3) is 12.1. The highest BCUT2D eigenvalue weighted by Crippen LogP contribution is 2.36. The van der Waals surface area contributed by atoms with Gasteiger partial charge in [0.1, 0.15) is 24.3 Å². The molecule has 2 aromatic heterocycles. The van der Waals surface area contributed by atoms with Crippen LogP contribution in [-0.4, -0.2) is 98.1 Å². The molecule has 0 aliphatic carbocycles. The van der Waals surface area contributed by atoms with Crippen molar-refractivity contribution in [1.29, 1.82) is 0 Å². The fourth-order valence-electron chi connectivity index (χ4n) is 6.95. The maximum atomic E-state index is 13.1. The van der Waals surface area contributed by atoms with E-state index in [-0.39, 0.29) is 39.0 Å². The monoisotopic (exact) mass is 816 g/mol. The van der Waals surface area contributed by atoms with Crippen LogP contribution < -0.4 is 0 Å². The number of hydrogen-bond acceptors (Lipinski definition) is 10. The second kappa shape index (κ2) is 21.5. The lowest BCUT2D eigenvalue weighted by molar-refractivity contribution is -0.157. The van der Waals surface area contributed by atoms with Gasteiger partial charge in [0.05, 0.1) is 0 Å². The number of fused-ring (bicyclic) bond motifs is 2. The molecule has 296 valence electrons. The van der Waals surface area contributed by atoms with Gasteiger partial charge < -0.3 is 19.3 Å². The molecule has 8 nitrogen and oxygen atoms in total. The van der Waals surface area contributed by atoms with Crippen molar-refractivity contribution >= 4 is 57.8 Å². The summed E-state index contributed by atoms with van der Waals surface area (Å²) in [5.74, 6) is -0.461. The minimum Gasteiger partial charge on any atom is -0.460 e. The lowest BCUT2D eigenvalue weighted by atomic mass is 10.0. The van der Waals surface area contributed by atoms with Gasteiger partial charge in [-0.05, 0) is 112 Å². The zero-order valence-electron chi connectivity index (χ0n) is 30.9. The number of esters is 2. The highest BCUT2D eigenvalue weighted by Gasteiger charge is 2.35. The first-order chi connectivity index (χ1) is 24.9. The Balaban J connectivity index is 0.000000280. The molecule has 6 rings (SSSR count). The highest BCUT2D eigenvalue weighted by atomic mass is 35.5. The molecule has 2 aliphatic heterocycles. The second-order valence-electron chi connectivity index (χ2n) is 14.0. The van der Waals surface area contributed by atoms with E-state index in [1.54, 1.807) is 22.7 Å². The Bertz CT molecular complexity index is 1650. The molecule has 4 heterocycles. The Hall–Kier alpha value is -2.80. The van der Waals surface area contributed by atoms with Crippen molar-refractivity contribution < 1.29 is 19.1 Å². The van der Waals surface area contributed by atoms with E-state index in [0.717, 1.165) is 50.1 Å². The predicted octanol–water partition coefficient (Wildman–Crippen LogP) is 9.26. The van der Waals surface area contributed by atoms with E-state index in [1.807, 2.05) is 100 Å². The van der Waals surface area contributed by atoms with Crippen LogP contribution in [0.1, 0.15) is 72.8 Å². The van der Waals surface area contributed by atoms with Crippen molar-refractivity contribution in [3.8, 4) is 0 Å². The van der Waals surface area contributed by atoms with Gasteiger partial charge in [-0.2, -0.15) is 0 Å². The van der Waals surface area contributed by atoms with Crippen LogP contribution in [0.5, 0.6) is 0 Å². The summed E-state index contributed by atoms with van der Waals surface area (Å²) in [6.07, 6.45) is 1.55. The lowest BCUT2D eigenvalue weighted by Crippen LogP contribution is -2.40. The van der Waals surface area contributed by atoms with E-state index >= 15 is 0 Å². The number of carbonyl (C=O) groups is 2. The summed E-state index contributed by atoms with van der Waals surface area (Å²) < 4.78 is 11.6. The number of thiophene rings is 2. The number of carbonyl (C=O) groups excluding carboxylic acids is 2. The average Bonchev–Trinajstić information content (AvgIpc) is 3.75. The van der Waals surface area contributed by atoms with Gasteiger partial charge in [0.15, 0.2) is 0 Å². The zero-order chi connectivity index (χ0) is 37.4. The number of likely N-dealkylation sites (N-methyl/N-ethyl adjacent to an activating group) is 2. The van der Waals surface area contributed by atoms with Crippen LogP contribution in [0.3, 0.4) is 0 Å². The molecule has 4 atom stereocenters. The summed E-state index contributed by atoms with van der Waals surface area (Å²) in [7, 11) is 7.88. The predicted molar refractivity (Wildman–Crippen MR) is 227 cm³/mol. The van der Waals surface area contributed by atoms with E-state index in [9.17, 15) is 9.59 Å². The normalized spacial score (nSPS) is 16.3. The summed E-state index contributed by atoms with van der Waals surface area (Å²) in [5, 5.41) is 5.45. The topological polar surface area (TPSA) is 65.6 Å². The summed E-state index contributed by atoms with van der Waals surface area (Å²) in [5.41, 5.74) is 4.23. The van der Waals surface area contributed by atoms with Gasteiger partial charge in [-0.15, -0.1) is 22.7 Å². The van der Waals surface area contributed by atoms with Gasteiger partial charge in [0.2, 0.25) is 0 Å². The van der Waals surface area contributed by atoms with Crippen LogP contribution in [0.4, 0.5) is 0 Å². The lowest BCUT2D eigenvalue weighted by Gasteiger charge is -2.34. The third-order valence-electron chi connectivity index (χ3n) is 9.13. The molecule has 0 amide bonds. The van der Waals surface area contributed by atoms with E-state index in [0.29, 0.717) is 23.1 Å². The number of rotatable bonds is 12. The Labute approximate surface area is 341 Å². The molecule has 4 aromatic rings. The number of benzene rings is 2. The molecule has 2 aliphatic rings. The summed E-state index contributed by atoms with van der Waals surface area (Å²) >= 11 is 16.5. The quantitative estimate of drug-likeness (QED) is 0.131. The molecular weight excluding hydrogens is 760 g/mol. The van der Waals surface area contributed by atoms with Crippen molar-refractivity contribution in [1.82, 2.24) is 19.6 Å². The van der Waals surface area contributed by atoms with Crippen molar-refractivity contribution in [3.05, 3.63) is 113 Å². The first-order valence-electron chi connectivity index (χ1n) is 17.7. The number of ether oxygens (including phenoxy) is 2. The number of nitrogens with zero attached hydrogens (tertiary/aromatic N) is 4. The third-order valence-corrected chi connectivity index (χ3v) is 11.9. The molecule has 12 heteroatoms. The van der Waals surface area contributed by atoms with Crippen molar-refractivity contribution in [2.75, 3.05) is 54.4 Å².